The number of nitrogens with one attached hydrogen (secondary N) is 1. The van der Waals surface area contributed by atoms with Crippen molar-refractivity contribution in [1.82, 2.24) is 10.4 Å². The number of hydrogen-bond donors (Lipinski definition) is 1. The molecular formula is C12H18N2O. The summed E-state index contributed by atoms with van der Waals surface area (Å²) in [5.41, 5.74) is 4.21. The molecule has 0 radical (unpaired) electrons. The van der Waals surface area contributed by atoms with Gasteiger partial charge in [-0.05, 0) is 37.9 Å². The summed E-state index contributed by atoms with van der Waals surface area (Å²) in [5.74, 6) is 0.706. The van der Waals surface area contributed by atoms with Gasteiger partial charge in [-0.2, -0.15) is 0 Å². The maximum atomic E-state index is 5.85. The Bertz CT molecular complexity index is 305. The van der Waals surface area contributed by atoms with Gasteiger partial charge in [-0.1, -0.05) is 6.08 Å². The van der Waals surface area contributed by atoms with Crippen molar-refractivity contribution in [2.75, 3.05) is 19.6 Å². The Kier molecular flexibility index (Phi) is 2.11. The predicted molar refractivity (Wildman–Crippen MR) is 59.0 cm³/mol. The molecule has 0 aromatic rings. The van der Waals surface area contributed by atoms with E-state index in [1.165, 1.54) is 31.6 Å². The van der Waals surface area contributed by atoms with Gasteiger partial charge in [0.1, 0.15) is 5.60 Å². The van der Waals surface area contributed by atoms with Crippen LogP contribution in [0.15, 0.2) is 24.4 Å². The van der Waals surface area contributed by atoms with Crippen molar-refractivity contribution in [3.63, 3.8) is 0 Å². The van der Waals surface area contributed by atoms with Crippen molar-refractivity contribution in [3.05, 3.63) is 24.4 Å². The quantitative estimate of drug-likeness (QED) is 0.692. The van der Waals surface area contributed by atoms with Crippen LogP contribution < -0.4 is 5.48 Å². The topological polar surface area (TPSA) is 24.5 Å². The van der Waals surface area contributed by atoms with Gasteiger partial charge in [-0.3, -0.25) is 15.2 Å². The summed E-state index contributed by atoms with van der Waals surface area (Å²) in [7, 11) is 0. The number of hydrogen-bond acceptors (Lipinski definition) is 3. The maximum absolute atomic E-state index is 5.85. The molecule has 0 saturated carbocycles. The molecule has 0 amide bonds. The highest BCUT2D eigenvalue weighted by Crippen LogP contribution is 2.41. The van der Waals surface area contributed by atoms with Crippen molar-refractivity contribution in [2.24, 2.45) is 5.92 Å². The average molecular weight is 206 g/mol. The Hall–Kier alpha value is -0.800. The second-order valence-corrected chi connectivity index (χ2v) is 4.87. The van der Waals surface area contributed by atoms with E-state index in [9.17, 15) is 0 Å². The third-order valence-electron chi connectivity index (χ3n) is 3.90. The fourth-order valence-corrected chi connectivity index (χ4v) is 3.11. The SMILES string of the molecule is C=CCC1=CC2(CN3CCC2CC3)ON1. The molecule has 1 spiro atoms. The summed E-state index contributed by atoms with van der Waals surface area (Å²) in [4.78, 5) is 8.36. The van der Waals surface area contributed by atoms with E-state index < -0.39 is 0 Å². The number of nitrogens with zero attached hydrogens (tertiary/aromatic N) is 1. The molecule has 15 heavy (non-hydrogen) atoms. The van der Waals surface area contributed by atoms with Crippen LogP contribution in [-0.4, -0.2) is 30.1 Å². The summed E-state index contributed by atoms with van der Waals surface area (Å²) in [6.07, 6.45) is 7.65. The van der Waals surface area contributed by atoms with Gasteiger partial charge in [-0.25, -0.2) is 0 Å². The van der Waals surface area contributed by atoms with Gasteiger partial charge < -0.3 is 0 Å². The van der Waals surface area contributed by atoms with E-state index in [0.29, 0.717) is 5.92 Å². The Labute approximate surface area is 90.7 Å². The Morgan fingerprint density at radius 1 is 1.60 bits per heavy atom. The highest BCUT2D eigenvalue weighted by atomic mass is 16.7. The van der Waals surface area contributed by atoms with Crippen molar-refractivity contribution in [2.45, 2.75) is 24.9 Å². The van der Waals surface area contributed by atoms with E-state index in [1.807, 2.05) is 6.08 Å². The lowest BCUT2D eigenvalue weighted by Gasteiger charge is -2.49. The first kappa shape index (κ1) is 9.43. The van der Waals surface area contributed by atoms with Gasteiger partial charge in [0.2, 0.25) is 0 Å². The number of allylic oxidation sites excluding steroid dienone is 1. The van der Waals surface area contributed by atoms with Crippen LogP contribution in [0.3, 0.4) is 0 Å². The molecule has 1 atom stereocenters. The Morgan fingerprint density at radius 2 is 2.40 bits per heavy atom. The minimum absolute atomic E-state index is 0.0329. The van der Waals surface area contributed by atoms with Crippen LogP contribution in [0.1, 0.15) is 19.3 Å². The lowest BCUT2D eigenvalue weighted by molar-refractivity contribution is -0.138. The molecule has 0 aromatic heterocycles. The zero-order chi connectivity index (χ0) is 10.3. The van der Waals surface area contributed by atoms with Crippen LogP contribution in [0.2, 0.25) is 0 Å². The second kappa shape index (κ2) is 3.35. The molecule has 0 aromatic carbocycles. The summed E-state index contributed by atoms with van der Waals surface area (Å²) in [6, 6.07) is 0. The van der Waals surface area contributed by atoms with E-state index in [1.54, 1.807) is 0 Å². The Balaban J connectivity index is 1.83. The van der Waals surface area contributed by atoms with Crippen molar-refractivity contribution < 1.29 is 4.84 Å². The first-order chi connectivity index (χ1) is 7.32. The normalized spacial score (nSPS) is 42.8. The minimum Gasteiger partial charge on any atom is -0.300 e. The Morgan fingerprint density at radius 3 is 3.00 bits per heavy atom. The third kappa shape index (κ3) is 1.42. The van der Waals surface area contributed by atoms with E-state index in [-0.39, 0.29) is 5.60 Å². The van der Waals surface area contributed by atoms with Gasteiger partial charge in [0.15, 0.2) is 0 Å². The molecule has 82 valence electrons. The number of rotatable bonds is 2. The van der Waals surface area contributed by atoms with Crippen LogP contribution in [0, 0.1) is 5.92 Å². The summed E-state index contributed by atoms with van der Waals surface area (Å²) < 4.78 is 0. The van der Waals surface area contributed by atoms with Gasteiger partial charge in [0.05, 0.1) is 0 Å². The molecule has 4 aliphatic rings. The smallest absolute Gasteiger partial charge is 0.131 e. The highest BCUT2D eigenvalue weighted by molar-refractivity contribution is 5.21. The molecule has 3 saturated heterocycles. The van der Waals surface area contributed by atoms with E-state index >= 15 is 0 Å². The molecule has 3 heteroatoms. The van der Waals surface area contributed by atoms with Crippen molar-refractivity contribution >= 4 is 0 Å². The fraction of sp³-hybridized carbons (Fsp3) is 0.667. The maximum Gasteiger partial charge on any atom is 0.131 e. The van der Waals surface area contributed by atoms with Crippen molar-refractivity contribution in [3.8, 4) is 0 Å². The zero-order valence-corrected chi connectivity index (χ0v) is 9.04. The first-order valence-corrected chi connectivity index (χ1v) is 5.81. The highest BCUT2D eigenvalue weighted by Gasteiger charge is 2.49. The molecule has 4 rings (SSSR count). The van der Waals surface area contributed by atoms with Crippen LogP contribution in [0.25, 0.3) is 0 Å². The fourth-order valence-electron chi connectivity index (χ4n) is 3.11. The summed E-state index contributed by atoms with van der Waals surface area (Å²) in [5, 5.41) is 0. The number of hydroxylamine groups is 1. The standard InChI is InChI=1S/C12H18N2O/c1-2-3-11-8-12(15-13-11)9-14-6-4-10(12)5-7-14/h2,8,10,13H,1,3-7,9H2. The van der Waals surface area contributed by atoms with Gasteiger partial charge in [-0.15, -0.1) is 6.58 Å². The predicted octanol–water partition coefficient (Wildman–Crippen LogP) is 1.45. The molecule has 3 nitrogen and oxygen atoms in total. The van der Waals surface area contributed by atoms with Crippen LogP contribution in [0.4, 0.5) is 0 Å². The van der Waals surface area contributed by atoms with Crippen LogP contribution >= 0.6 is 0 Å². The average Bonchev–Trinajstić information content (AvgIpc) is 2.64. The first-order valence-electron chi connectivity index (χ1n) is 5.81. The number of piperidine rings is 3. The third-order valence-corrected chi connectivity index (χ3v) is 3.90. The second-order valence-electron chi connectivity index (χ2n) is 4.87. The molecule has 1 unspecified atom stereocenters. The van der Waals surface area contributed by atoms with Crippen molar-refractivity contribution in [1.29, 1.82) is 0 Å². The summed E-state index contributed by atoms with van der Waals surface area (Å²) >= 11 is 0. The van der Waals surface area contributed by atoms with Crippen LogP contribution in [-0.2, 0) is 4.84 Å². The lowest BCUT2D eigenvalue weighted by Crippen LogP contribution is -2.58. The minimum atomic E-state index is -0.0329. The molecular weight excluding hydrogens is 188 g/mol. The van der Waals surface area contributed by atoms with Crippen LogP contribution in [0.5, 0.6) is 0 Å². The monoisotopic (exact) mass is 206 g/mol. The molecule has 3 fully saturated rings. The van der Waals surface area contributed by atoms with Gasteiger partial charge in [0, 0.05) is 18.7 Å². The number of fused-ring (bicyclic) bond motifs is 2. The molecule has 2 bridgehead atoms. The molecule has 4 heterocycles. The van der Waals surface area contributed by atoms with E-state index in [0.717, 1.165) is 13.0 Å². The molecule has 1 N–H and O–H groups in total. The molecule has 0 aliphatic carbocycles. The molecule has 4 aliphatic heterocycles. The lowest BCUT2D eigenvalue weighted by atomic mass is 9.75. The van der Waals surface area contributed by atoms with Gasteiger partial charge >= 0.3 is 0 Å². The summed E-state index contributed by atoms with van der Waals surface area (Å²) in [6.45, 7) is 7.32. The largest absolute Gasteiger partial charge is 0.300 e. The van der Waals surface area contributed by atoms with E-state index in [4.69, 9.17) is 4.84 Å². The van der Waals surface area contributed by atoms with E-state index in [2.05, 4.69) is 23.0 Å². The van der Waals surface area contributed by atoms with Gasteiger partial charge in [0.25, 0.3) is 0 Å². The zero-order valence-electron chi connectivity index (χ0n) is 9.04.